The van der Waals surface area contributed by atoms with E-state index in [1.807, 2.05) is 36.4 Å². The standard InChI is InChI=1S/C17H18N2O3S/c1-14(22-17-8-3-2-4-9-17)12-19-23(20,21)13-16-7-5-6-15(10-16)11-18/h2-10,14,19H,12-13H2,1H3. The van der Waals surface area contributed by atoms with Gasteiger partial charge in [0.2, 0.25) is 10.0 Å². The Hall–Kier alpha value is -2.36. The Labute approximate surface area is 136 Å². The molecule has 0 aliphatic rings. The molecule has 1 N–H and O–H groups in total. The van der Waals surface area contributed by atoms with Crippen molar-refractivity contribution >= 4 is 10.0 Å². The van der Waals surface area contributed by atoms with Gasteiger partial charge in [-0.3, -0.25) is 0 Å². The number of hydrogen-bond acceptors (Lipinski definition) is 4. The summed E-state index contributed by atoms with van der Waals surface area (Å²) in [6.07, 6.45) is -0.294. The highest BCUT2D eigenvalue weighted by atomic mass is 32.2. The van der Waals surface area contributed by atoms with Gasteiger partial charge in [-0.15, -0.1) is 0 Å². The molecule has 0 radical (unpaired) electrons. The van der Waals surface area contributed by atoms with Crippen LogP contribution < -0.4 is 9.46 Å². The van der Waals surface area contributed by atoms with E-state index in [1.54, 1.807) is 31.2 Å². The lowest BCUT2D eigenvalue weighted by Crippen LogP contribution is -2.34. The van der Waals surface area contributed by atoms with E-state index in [0.29, 0.717) is 16.9 Å². The minimum absolute atomic E-state index is 0.166. The summed E-state index contributed by atoms with van der Waals surface area (Å²) >= 11 is 0. The Morgan fingerprint density at radius 3 is 2.61 bits per heavy atom. The fourth-order valence-electron chi connectivity index (χ4n) is 2.02. The molecule has 6 heteroatoms. The van der Waals surface area contributed by atoms with Crippen LogP contribution in [0.3, 0.4) is 0 Å². The molecule has 0 fully saturated rings. The van der Waals surface area contributed by atoms with Gasteiger partial charge in [0.25, 0.3) is 0 Å². The second-order valence-corrected chi connectivity index (χ2v) is 6.97. The Bertz CT molecular complexity index is 783. The zero-order valence-electron chi connectivity index (χ0n) is 12.8. The summed E-state index contributed by atoms with van der Waals surface area (Å²) in [5.74, 6) is 0.529. The summed E-state index contributed by atoms with van der Waals surface area (Å²) < 4.78 is 32.4. The summed E-state index contributed by atoms with van der Waals surface area (Å²) in [6, 6.07) is 17.8. The van der Waals surface area contributed by atoms with Crippen molar-refractivity contribution in [2.45, 2.75) is 18.8 Å². The number of benzene rings is 2. The molecule has 0 aliphatic heterocycles. The zero-order valence-corrected chi connectivity index (χ0v) is 13.6. The van der Waals surface area contributed by atoms with Crippen LogP contribution in [0.1, 0.15) is 18.1 Å². The van der Waals surface area contributed by atoms with E-state index in [0.717, 1.165) is 0 Å². The van der Waals surface area contributed by atoms with Crippen molar-refractivity contribution in [2.75, 3.05) is 6.54 Å². The number of nitrogens with one attached hydrogen (secondary N) is 1. The van der Waals surface area contributed by atoms with Gasteiger partial charge in [-0.05, 0) is 36.8 Å². The van der Waals surface area contributed by atoms with Crippen molar-refractivity contribution in [3.63, 3.8) is 0 Å². The van der Waals surface area contributed by atoms with Crippen LogP contribution in [0.15, 0.2) is 54.6 Å². The molecule has 2 aromatic rings. The van der Waals surface area contributed by atoms with Crippen LogP contribution in [-0.4, -0.2) is 21.1 Å². The van der Waals surface area contributed by atoms with Gasteiger partial charge in [-0.1, -0.05) is 30.3 Å². The van der Waals surface area contributed by atoms with Gasteiger partial charge in [0.15, 0.2) is 0 Å². The lowest BCUT2D eigenvalue weighted by atomic mass is 10.2. The molecule has 0 aliphatic carbocycles. The van der Waals surface area contributed by atoms with E-state index in [4.69, 9.17) is 10.00 Å². The molecule has 0 bridgehead atoms. The highest BCUT2D eigenvalue weighted by Gasteiger charge is 2.14. The van der Waals surface area contributed by atoms with E-state index in [2.05, 4.69) is 4.72 Å². The zero-order chi connectivity index (χ0) is 16.7. The number of sulfonamides is 1. The molecule has 5 nitrogen and oxygen atoms in total. The van der Waals surface area contributed by atoms with Gasteiger partial charge in [-0.2, -0.15) is 5.26 Å². The quantitative estimate of drug-likeness (QED) is 0.845. The Balaban J connectivity index is 1.89. The largest absolute Gasteiger partial charge is 0.489 e. The second kappa shape index (κ2) is 7.77. The van der Waals surface area contributed by atoms with Crippen molar-refractivity contribution in [3.05, 3.63) is 65.7 Å². The van der Waals surface area contributed by atoms with Gasteiger partial charge >= 0.3 is 0 Å². The van der Waals surface area contributed by atoms with E-state index in [9.17, 15) is 8.42 Å². The molecule has 2 aromatic carbocycles. The Morgan fingerprint density at radius 1 is 1.17 bits per heavy atom. The average molecular weight is 330 g/mol. The molecule has 0 spiro atoms. The number of hydrogen-bond donors (Lipinski definition) is 1. The van der Waals surface area contributed by atoms with Crippen LogP contribution in [-0.2, 0) is 15.8 Å². The van der Waals surface area contributed by atoms with Crippen molar-refractivity contribution in [2.24, 2.45) is 0 Å². The Morgan fingerprint density at radius 2 is 1.91 bits per heavy atom. The minimum Gasteiger partial charge on any atom is -0.489 e. The Kier molecular flexibility index (Phi) is 5.74. The molecule has 0 amide bonds. The van der Waals surface area contributed by atoms with E-state index >= 15 is 0 Å². The van der Waals surface area contributed by atoms with Crippen LogP contribution >= 0.6 is 0 Å². The fourth-order valence-corrected chi connectivity index (χ4v) is 3.23. The van der Waals surface area contributed by atoms with Crippen LogP contribution in [0.4, 0.5) is 0 Å². The highest BCUT2D eigenvalue weighted by molar-refractivity contribution is 7.88. The summed E-state index contributed by atoms with van der Waals surface area (Å²) in [7, 11) is -3.49. The van der Waals surface area contributed by atoms with Crippen LogP contribution in [0.5, 0.6) is 5.75 Å². The van der Waals surface area contributed by atoms with Crippen LogP contribution in [0.2, 0.25) is 0 Å². The van der Waals surface area contributed by atoms with Crippen molar-refractivity contribution in [3.8, 4) is 11.8 Å². The minimum atomic E-state index is -3.49. The number of nitriles is 1. The van der Waals surface area contributed by atoms with Gasteiger partial charge in [-0.25, -0.2) is 13.1 Å². The summed E-state index contributed by atoms with van der Waals surface area (Å²) in [5.41, 5.74) is 1.02. The summed E-state index contributed by atoms with van der Waals surface area (Å²) in [6.45, 7) is 1.97. The maximum absolute atomic E-state index is 12.1. The highest BCUT2D eigenvalue weighted by Crippen LogP contribution is 2.11. The maximum Gasteiger partial charge on any atom is 0.215 e. The first-order valence-corrected chi connectivity index (χ1v) is 8.82. The molecule has 1 atom stereocenters. The maximum atomic E-state index is 12.1. The molecule has 0 saturated heterocycles. The third-order valence-corrected chi connectivity index (χ3v) is 4.40. The average Bonchev–Trinajstić information content (AvgIpc) is 2.54. The van der Waals surface area contributed by atoms with Gasteiger partial charge in [0.05, 0.1) is 17.4 Å². The molecule has 0 heterocycles. The number of nitrogens with zero attached hydrogens (tertiary/aromatic N) is 1. The molecule has 1 unspecified atom stereocenters. The molecule has 23 heavy (non-hydrogen) atoms. The molecular weight excluding hydrogens is 312 g/mol. The predicted octanol–water partition coefficient (Wildman–Crippen LogP) is 2.45. The second-order valence-electron chi connectivity index (χ2n) is 5.16. The van der Waals surface area contributed by atoms with E-state index < -0.39 is 10.0 Å². The van der Waals surface area contributed by atoms with Gasteiger partial charge in [0.1, 0.15) is 11.9 Å². The third kappa shape index (κ3) is 5.74. The van der Waals surface area contributed by atoms with E-state index in [1.165, 1.54) is 0 Å². The molecular formula is C17H18N2O3S. The molecule has 120 valence electrons. The van der Waals surface area contributed by atoms with Crippen molar-refractivity contribution < 1.29 is 13.2 Å². The normalized spacial score (nSPS) is 12.3. The molecule has 0 saturated carbocycles. The van der Waals surface area contributed by atoms with Gasteiger partial charge in [0, 0.05) is 6.54 Å². The SMILES string of the molecule is CC(CNS(=O)(=O)Cc1cccc(C#N)c1)Oc1ccccc1. The van der Waals surface area contributed by atoms with Crippen LogP contribution in [0, 0.1) is 11.3 Å². The first-order valence-electron chi connectivity index (χ1n) is 7.16. The topological polar surface area (TPSA) is 79.2 Å². The third-order valence-electron chi connectivity index (χ3n) is 3.08. The fraction of sp³-hybridized carbons (Fsp3) is 0.235. The molecule has 0 aromatic heterocycles. The first kappa shape index (κ1) is 17.0. The van der Waals surface area contributed by atoms with Crippen molar-refractivity contribution in [1.82, 2.24) is 4.72 Å². The summed E-state index contributed by atoms with van der Waals surface area (Å²) in [4.78, 5) is 0. The predicted molar refractivity (Wildman–Crippen MR) is 88.3 cm³/mol. The smallest absolute Gasteiger partial charge is 0.215 e. The van der Waals surface area contributed by atoms with Gasteiger partial charge < -0.3 is 4.74 Å². The first-order chi connectivity index (χ1) is 11.0. The number of rotatable bonds is 7. The monoisotopic (exact) mass is 330 g/mol. The lowest BCUT2D eigenvalue weighted by molar-refractivity contribution is 0.225. The van der Waals surface area contributed by atoms with Crippen molar-refractivity contribution in [1.29, 1.82) is 5.26 Å². The lowest BCUT2D eigenvalue weighted by Gasteiger charge is -2.15. The summed E-state index contributed by atoms with van der Waals surface area (Å²) in [5, 5.41) is 8.85. The van der Waals surface area contributed by atoms with E-state index in [-0.39, 0.29) is 18.4 Å². The number of ether oxygens (including phenoxy) is 1. The van der Waals surface area contributed by atoms with Crippen LogP contribution in [0.25, 0.3) is 0 Å². The molecule has 2 rings (SSSR count). The number of para-hydroxylation sites is 1.